The summed E-state index contributed by atoms with van der Waals surface area (Å²) in [6.07, 6.45) is 1.85. The van der Waals surface area contributed by atoms with E-state index in [0.717, 1.165) is 28.6 Å². The number of carbonyl (C=O) groups excluding carboxylic acids is 1. The van der Waals surface area contributed by atoms with Crippen LogP contribution < -0.4 is 0 Å². The quantitative estimate of drug-likeness (QED) is 0.760. The summed E-state index contributed by atoms with van der Waals surface area (Å²) in [5.74, 6) is 1.57. The van der Waals surface area contributed by atoms with Gasteiger partial charge in [-0.25, -0.2) is 4.98 Å². The summed E-state index contributed by atoms with van der Waals surface area (Å²) in [4.78, 5) is 15.7. The standard InChI is InChI=1S/C14H17NO3S/c1-3-11-6-7-12(18-11)14-15-10(9-19-14)5-8-13(16)17-4-2/h6-7,9H,3-5,8H2,1-2H3. The maximum absolute atomic E-state index is 11.3. The van der Waals surface area contributed by atoms with Crippen LogP contribution in [0.15, 0.2) is 21.9 Å². The van der Waals surface area contributed by atoms with E-state index in [1.807, 2.05) is 17.5 Å². The van der Waals surface area contributed by atoms with Crippen molar-refractivity contribution in [1.29, 1.82) is 0 Å². The van der Waals surface area contributed by atoms with Crippen LogP contribution in [-0.2, 0) is 22.4 Å². The van der Waals surface area contributed by atoms with Crippen LogP contribution in [-0.4, -0.2) is 17.6 Å². The molecule has 0 N–H and O–H groups in total. The highest BCUT2D eigenvalue weighted by Gasteiger charge is 2.10. The normalized spacial score (nSPS) is 10.6. The molecule has 102 valence electrons. The highest BCUT2D eigenvalue weighted by atomic mass is 32.1. The molecule has 2 heterocycles. The molecule has 0 saturated carbocycles. The van der Waals surface area contributed by atoms with Crippen molar-refractivity contribution in [1.82, 2.24) is 4.98 Å². The number of hydrogen-bond donors (Lipinski definition) is 0. The van der Waals surface area contributed by atoms with Crippen LogP contribution in [0.25, 0.3) is 10.8 Å². The number of nitrogens with zero attached hydrogens (tertiary/aromatic N) is 1. The number of aryl methyl sites for hydroxylation is 2. The van der Waals surface area contributed by atoms with Crippen molar-refractivity contribution in [3.8, 4) is 10.8 Å². The molecule has 0 spiro atoms. The molecule has 0 atom stereocenters. The fourth-order valence-corrected chi connectivity index (χ4v) is 2.50. The van der Waals surface area contributed by atoms with E-state index in [1.165, 1.54) is 11.3 Å². The van der Waals surface area contributed by atoms with Gasteiger partial charge in [-0.2, -0.15) is 0 Å². The van der Waals surface area contributed by atoms with Gasteiger partial charge < -0.3 is 9.15 Å². The van der Waals surface area contributed by atoms with Crippen LogP contribution in [0.1, 0.15) is 31.7 Å². The van der Waals surface area contributed by atoms with Crippen molar-refractivity contribution < 1.29 is 13.9 Å². The molecule has 19 heavy (non-hydrogen) atoms. The van der Waals surface area contributed by atoms with Gasteiger partial charge >= 0.3 is 5.97 Å². The molecule has 0 radical (unpaired) electrons. The maximum atomic E-state index is 11.3. The van der Waals surface area contributed by atoms with Crippen LogP contribution in [0.2, 0.25) is 0 Å². The lowest BCUT2D eigenvalue weighted by atomic mass is 10.2. The summed E-state index contributed by atoms with van der Waals surface area (Å²) < 4.78 is 10.5. The highest BCUT2D eigenvalue weighted by Crippen LogP contribution is 2.26. The average molecular weight is 279 g/mol. The SMILES string of the molecule is CCOC(=O)CCc1csc(-c2ccc(CC)o2)n1. The van der Waals surface area contributed by atoms with Crippen LogP contribution in [0.5, 0.6) is 0 Å². The Hall–Kier alpha value is -1.62. The monoisotopic (exact) mass is 279 g/mol. The Balaban J connectivity index is 1.97. The van der Waals surface area contributed by atoms with E-state index in [9.17, 15) is 4.79 Å². The Morgan fingerprint density at radius 3 is 2.95 bits per heavy atom. The molecule has 0 fully saturated rings. The molecule has 0 aliphatic heterocycles. The number of carbonyl (C=O) groups is 1. The Morgan fingerprint density at radius 2 is 2.26 bits per heavy atom. The Bertz CT molecular complexity index is 544. The summed E-state index contributed by atoms with van der Waals surface area (Å²) in [5.41, 5.74) is 0.905. The van der Waals surface area contributed by atoms with Crippen LogP contribution in [0, 0.1) is 0 Å². The molecular formula is C14H17NO3S. The number of furan rings is 1. The molecule has 0 bridgehead atoms. The first kappa shape index (κ1) is 13.8. The minimum Gasteiger partial charge on any atom is -0.466 e. The van der Waals surface area contributed by atoms with Crippen molar-refractivity contribution in [2.24, 2.45) is 0 Å². The molecule has 0 unspecified atom stereocenters. The third kappa shape index (κ3) is 3.67. The molecule has 5 heteroatoms. The van der Waals surface area contributed by atoms with Gasteiger partial charge in [0.1, 0.15) is 5.76 Å². The molecule has 0 amide bonds. The zero-order valence-corrected chi connectivity index (χ0v) is 12.0. The Kier molecular flexibility index (Phi) is 4.74. The first-order valence-corrected chi connectivity index (χ1v) is 7.30. The fourth-order valence-electron chi connectivity index (χ4n) is 1.68. The number of aromatic nitrogens is 1. The summed E-state index contributed by atoms with van der Waals surface area (Å²) in [7, 11) is 0. The second kappa shape index (κ2) is 6.52. The zero-order valence-electron chi connectivity index (χ0n) is 11.1. The topological polar surface area (TPSA) is 52.3 Å². The number of hydrogen-bond acceptors (Lipinski definition) is 5. The molecule has 0 aliphatic carbocycles. The smallest absolute Gasteiger partial charge is 0.306 e. The first-order chi connectivity index (χ1) is 9.22. The third-order valence-electron chi connectivity index (χ3n) is 2.66. The Labute approximate surface area is 116 Å². The van der Waals surface area contributed by atoms with E-state index in [2.05, 4.69) is 11.9 Å². The summed E-state index contributed by atoms with van der Waals surface area (Å²) >= 11 is 1.53. The first-order valence-electron chi connectivity index (χ1n) is 6.42. The minimum atomic E-state index is -0.177. The van der Waals surface area contributed by atoms with E-state index in [0.29, 0.717) is 19.4 Å². The lowest BCUT2D eigenvalue weighted by molar-refractivity contribution is -0.143. The summed E-state index contributed by atoms with van der Waals surface area (Å²) in [6, 6.07) is 3.90. The van der Waals surface area contributed by atoms with Gasteiger partial charge in [0.2, 0.25) is 0 Å². The molecular weight excluding hydrogens is 262 g/mol. The van der Waals surface area contributed by atoms with Crippen molar-refractivity contribution in [3.05, 3.63) is 29.0 Å². The van der Waals surface area contributed by atoms with E-state index in [1.54, 1.807) is 6.92 Å². The highest BCUT2D eigenvalue weighted by molar-refractivity contribution is 7.13. The average Bonchev–Trinajstić information content (AvgIpc) is 3.05. The van der Waals surface area contributed by atoms with Gasteiger partial charge in [0.25, 0.3) is 0 Å². The van der Waals surface area contributed by atoms with E-state index in [-0.39, 0.29) is 5.97 Å². The van der Waals surface area contributed by atoms with Gasteiger partial charge in [-0.15, -0.1) is 11.3 Å². The second-order valence-corrected chi connectivity index (χ2v) is 4.93. The number of ether oxygens (including phenoxy) is 1. The van der Waals surface area contributed by atoms with Crippen molar-refractivity contribution in [2.75, 3.05) is 6.61 Å². The number of rotatable bonds is 6. The molecule has 0 aliphatic rings. The van der Waals surface area contributed by atoms with Gasteiger partial charge in [0.15, 0.2) is 10.8 Å². The Morgan fingerprint density at radius 1 is 1.42 bits per heavy atom. The maximum Gasteiger partial charge on any atom is 0.306 e. The van der Waals surface area contributed by atoms with Crippen molar-refractivity contribution in [2.45, 2.75) is 33.1 Å². The number of esters is 1. The second-order valence-electron chi connectivity index (χ2n) is 4.07. The molecule has 0 saturated heterocycles. The summed E-state index contributed by atoms with van der Waals surface area (Å²) in [5, 5.41) is 2.82. The summed E-state index contributed by atoms with van der Waals surface area (Å²) in [6.45, 7) is 4.28. The van der Waals surface area contributed by atoms with Gasteiger partial charge in [0, 0.05) is 18.2 Å². The minimum absolute atomic E-state index is 0.177. The zero-order chi connectivity index (χ0) is 13.7. The van der Waals surface area contributed by atoms with Crippen molar-refractivity contribution >= 4 is 17.3 Å². The van der Waals surface area contributed by atoms with Crippen LogP contribution in [0.3, 0.4) is 0 Å². The largest absolute Gasteiger partial charge is 0.466 e. The van der Waals surface area contributed by atoms with Gasteiger partial charge in [-0.3, -0.25) is 4.79 Å². The van der Waals surface area contributed by atoms with Crippen LogP contribution >= 0.6 is 11.3 Å². The van der Waals surface area contributed by atoms with Gasteiger partial charge in [-0.05, 0) is 19.1 Å². The van der Waals surface area contributed by atoms with Crippen molar-refractivity contribution in [3.63, 3.8) is 0 Å². The lowest BCUT2D eigenvalue weighted by Crippen LogP contribution is -2.05. The predicted molar refractivity (Wildman–Crippen MR) is 74.1 cm³/mol. The lowest BCUT2D eigenvalue weighted by Gasteiger charge is -1.99. The van der Waals surface area contributed by atoms with E-state index < -0.39 is 0 Å². The van der Waals surface area contributed by atoms with E-state index >= 15 is 0 Å². The number of thiazole rings is 1. The van der Waals surface area contributed by atoms with Gasteiger partial charge in [-0.1, -0.05) is 6.92 Å². The predicted octanol–water partition coefficient (Wildman–Crippen LogP) is 3.46. The molecule has 4 nitrogen and oxygen atoms in total. The molecule has 2 rings (SSSR count). The molecule has 2 aromatic heterocycles. The molecule has 0 aromatic carbocycles. The van der Waals surface area contributed by atoms with Crippen LogP contribution in [0.4, 0.5) is 0 Å². The van der Waals surface area contributed by atoms with Gasteiger partial charge in [0.05, 0.1) is 18.7 Å². The third-order valence-corrected chi connectivity index (χ3v) is 3.57. The fraction of sp³-hybridized carbons (Fsp3) is 0.429. The molecule has 2 aromatic rings. The van der Waals surface area contributed by atoms with E-state index in [4.69, 9.17) is 9.15 Å².